The second kappa shape index (κ2) is 17.3. The Bertz CT molecular complexity index is 676. The Morgan fingerprint density at radius 2 is 0.821 bits per heavy atom. The molecular weight excluding hydrogens is 500 g/mol. The molecule has 2 heterocycles. The van der Waals surface area contributed by atoms with E-state index in [-0.39, 0.29) is 39.0 Å². The van der Waals surface area contributed by atoms with Gasteiger partial charge in [0.05, 0.1) is 0 Å². The lowest BCUT2D eigenvalue weighted by Gasteiger charge is -2.47. The first kappa shape index (κ1) is 33.6. The van der Waals surface area contributed by atoms with Crippen molar-refractivity contribution >= 4 is 12.1 Å². The first-order valence-corrected chi connectivity index (χ1v) is 15.4. The molecule has 0 radical (unpaired) electrons. The number of carbonyl (C=O) groups is 2. The van der Waals surface area contributed by atoms with Crippen LogP contribution < -0.4 is 0 Å². The lowest BCUT2D eigenvalue weighted by atomic mass is 9.88. The average Bonchev–Trinajstić information content (AvgIpc) is 3.21. The van der Waals surface area contributed by atoms with Gasteiger partial charge in [0.15, 0.2) is 11.3 Å². The first-order valence-electron chi connectivity index (χ1n) is 15.4. The molecule has 2 saturated heterocycles. The summed E-state index contributed by atoms with van der Waals surface area (Å²) in [4.78, 5) is 35.4. The second-order valence-corrected chi connectivity index (χ2v) is 10.8. The molecule has 10 nitrogen and oxygen atoms in total. The number of urea groups is 2. The number of hydrogen-bond acceptors (Lipinski definition) is 6. The van der Waals surface area contributed by atoms with Crippen LogP contribution in [0.4, 0.5) is 9.59 Å². The second-order valence-electron chi connectivity index (χ2n) is 10.8. The monoisotopic (exact) mass is 556 g/mol. The molecule has 39 heavy (non-hydrogen) atoms. The van der Waals surface area contributed by atoms with Crippen LogP contribution in [0.5, 0.6) is 0 Å². The summed E-state index contributed by atoms with van der Waals surface area (Å²) in [7, 11) is 0. The zero-order chi connectivity index (χ0) is 28.7. The van der Waals surface area contributed by atoms with Gasteiger partial charge >= 0.3 is 12.1 Å². The summed E-state index contributed by atoms with van der Waals surface area (Å²) in [6.07, 6.45) is 10.00. The van der Waals surface area contributed by atoms with E-state index in [4.69, 9.17) is 18.9 Å². The predicted octanol–water partition coefficient (Wildman–Crippen LogP) is 6.16. The van der Waals surface area contributed by atoms with Crippen molar-refractivity contribution < 1.29 is 28.5 Å². The van der Waals surface area contributed by atoms with Crippen molar-refractivity contribution in [3.8, 4) is 0 Å². The standard InChI is InChI=1S/C29H56N4O6/c1-7-12-17-29-28(6,30(22-36-18-13-8-2)26(34)32(29)24-38-20-15-10-4)31(23-37-19-14-9-3)27(35)33(29)25-39-21-16-11-5/h7-25H2,1-6H3. The fourth-order valence-electron chi connectivity index (χ4n) is 5.44. The highest BCUT2D eigenvalue weighted by atomic mass is 16.5. The van der Waals surface area contributed by atoms with E-state index in [0.717, 1.165) is 64.2 Å². The lowest BCUT2D eigenvalue weighted by molar-refractivity contribution is -0.138. The number of fused-ring (bicyclic) bond motifs is 1. The van der Waals surface area contributed by atoms with Crippen LogP contribution >= 0.6 is 0 Å². The van der Waals surface area contributed by atoms with Gasteiger partial charge in [0.25, 0.3) is 0 Å². The fourth-order valence-corrected chi connectivity index (χ4v) is 5.44. The van der Waals surface area contributed by atoms with E-state index in [1.165, 1.54) is 0 Å². The van der Waals surface area contributed by atoms with E-state index in [1.54, 1.807) is 19.6 Å². The van der Waals surface area contributed by atoms with Gasteiger partial charge in [-0.25, -0.2) is 9.59 Å². The molecule has 0 aromatic rings. The molecule has 2 fully saturated rings. The number of hydrogen-bond donors (Lipinski definition) is 0. The van der Waals surface area contributed by atoms with Crippen LogP contribution in [0, 0.1) is 0 Å². The molecule has 0 N–H and O–H groups in total. The van der Waals surface area contributed by atoms with E-state index < -0.39 is 11.3 Å². The highest BCUT2D eigenvalue weighted by Crippen LogP contribution is 2.53. The minimum Gasteiger partial charge on any atom is -0.361 e. The van der Waals surface area contributed by atoms with E-state index in [9.17, 15) is 9.59 Å². The zero-order valence-electron chi connectivity index (χ0n) is 25.7. The molecule has 0 atom stereocenters. The molecule has 10 heteroatoms. The molecule has 0 aliphatic carbocycles. The molecular formula is C29H56N4O6. The quantitative estimate of drug-likeness (QED) is 0.140. The van der Waals surface area contributed by atoms with Gasteiger partial charge in [0.1, 0.15) is 26.9 Å². The van der Waals surface area contributed by atoms with Crippen molar-refractivity contribution in [2.45, 2.75) is 123 Å². The fraction of sp³-hybridized carbons (Fsp3) is 0.931. The maximum Gasteiger partial charge on any atom is 0.327 e. The highest BCUT2D eigenvalue weighted by Gasteiger charge is 2.76. The van der Waals surface area contributed by atoms with Crippen molar-refractivity contribution in [2.75, 3.05) is 53.4 Å². The molecule has 0 saturated carbocycles. The maximum atomic E-state index is 14.2. The Morgan fingerprint density at radius 1 is 0.513 bits per heavy atom. The maximum absolute atomic E-state index is 14.2. The van der Waals surface area contributed by atoms with Crippen LogP contribution in [0.1, 0.15) is 112 Å². The normalized spacial score (nSPS) is 23.0. The Hall–Kier alpha value is -1.62. The minimum atomic E-state index is -1.03. The van der Waals surface area contributed by atoms with Crippen LogP contribution in [0.25, 0.3) is 0 Å². The van der Waals surface area contributed by atoms with Gasteiger partial charge < -0.3 is 18.9 Å². The summed E-state index contributed by atoms with van der Waals surface area (Å²) in [6.45, 7) is 15.2. The number of rotatable bonds is 23. The largest absolute Gasteiger partial charge is 0.361 e. The van der Waals surface area contributed by atoms with Gasteiger partial charge in [-0.2, -0.15) is 0 Å². The molecule has 228 valence electrons. The molecule has 4 amide bonds. The molecule has 0 unspecified atom stereocenters. The van der Waals surface area contributed by atoms with Gasteiger partial charge in [-0.05, 0) is 45.4 Å². The van der Waals surface area contributed by atoms with E-state index >= 15 is 0 Å². The molecule has 2 rings (SSSR count). The summed E-state index contributed by atoms with van der Waals surface area (Å²) in [5.41, 5.74) is -2.02. The van der Waals surface area contributed by atoms with Crippen molar-refractivity contribution in [3.63, 3.8) is 0 Å². The van der Waals surface area contributed by atoms with Crippen LogP contribution in [-0.2, 0) is 18.9 Å². The van der Waals surface area contributed by atoms with Gasteiger partial charge in [-0.3, -0.25) is 19.6 Å². The topological polar surface area (TPSA) is 84.0 Å². The van der Waals surface area contributed by atoms with Gasteiger partial charge in [-0.1, -0.05) is 66.7 Å². The van der Waals surface area contributed by atoms with Crippen LogP contribution in [-0.4, -0.2) is 96.3 Å². The third-order valence-corrected chi connectivity index (χ3v) is 7.96. The minimum absolute atomic E-state index is 0.0952. The third kappa shape index (κ3) is 7.37. The van der Waals surface area contributed by atoms with E-state index in [1.807, 2.05) is 6.92 Å². The number of amides is 4. The summed E-state index contributed by atoms with van der Waals surface area (Å²) >= 11 is 0. The Morgan fingerprint density at radius 3 is 1.13 bits per heavy atom. The van der Waals surface area contributed by atoms with Crippen LogP contribution in [0.2, 0.25) is 0 Å². The molecule has 2 aliphatic heterocycles. The SMILES string of the molecule is CCCCOCN1C(=O)N(COCCCC)C2(CCCC)N(COCCCC)C(=O)N(COCCCC)C12C. The van der Waals surface area contributed by atoms with E-state index in [2.05, 4.69) is 34.6 Å². The summed E-state index contributed by atoms with van der Waals surface area (Å²) < 4.78 is 24.2. The highest BCUT2D eigenvalue weighted by molar-refractivity contribution is 5.88. The number of unbranched alkanes of at least 4 members (excludes halogenated alkanes) is 5. The van der Waals surface area contributed by atoms with Gasteiger partial charge in [-0.15, -0.1) is 0 Å². The third-order valence-electron chi connectivity index (χ3n) is 7.96. The van der Waals surface area contributed by atoms with Gasteiger partial charge in [0, 0.05) is 26.4 Å². The number of nitrogens with zero attached hydrogens (tertiary/aromatic N) is 4. The predicted molar refractivity (Wildman–Crippen MR) is 152 cm³/mol. The smallest absolute Gasteiger partial charge is 0.327 e. The Balaban J connectivity index is 2.56. The lowest BCUT2D eigenvalue weighted by Crippen LogP contribution is -2.67. The number of ether oxygens (including phenoxy) is 4. The van der Waals surface area contributed by atoms with Crippen LogP contribution in [0.15, 0.2) is 0 Å². The molecule has 0 aromatic carbocycles. The first-order chi connectivity index (χ1) is 18.9. The van der Waals surface area contributed by atoms with Crippen molar-refractivity contribution in [2.24, 2.45) is 0 Å². The number of carbonyl (C=O) groups excluding carboxylic acids is 2. The van der Waals surface area contributed by atoms with Crippen molar-refractivity contribution in [3.05, 3.63) is 0 Å². The molecule has 0 aromatic heterocycles. The Labute approximate surface area is 237 Å². The summed E-state index contributed by atoms with van der Waals surface area (Å²) in [6, 6.07) is -0.377. The average molecular weight is 557 g/mol. The molecule has 0 bridgehead atoms. The van der Waals surface area contributed by atoms with E-state index in [0.29, 0.717) is 32.8 Å². The molecule has 2 aliphatic rings. The summed E-state index contributed by atoms with van der Waals surface area (Å²) in [5.74, 6) is 0. The van der Waals surface area contributed by atoms with Crippen molar-refractivity contribution in [1.82, 2.24) is 19.6 Å². The molecule has 0 spiro atoms. The zero-order valence-corrected chi connectivity index (χ0v) is 25.7. The van der Waals surface area contributed by atoms with Gasteiger partial charge in [0.2, 0.25) is 0 Å². The van der Waals surface area contributed by atoms with Crippen LogP contribution in [0.3, 0.4) is 0 Å². The summed E-state index contributed by atoms with van der Waals surface area (Å²) in [5, 5.41) is 0. The Kier molecular flexibility index (Phi) is 14.9. The van der Waals surface area contributed by atoms with Crippen molar-refractivity contribution in [1.29, 1.82) is 0 Å².